The molecule has 0 fully saturated rings. The van der Waals surface area contributed by atoms with Crippen LogP contribution in [0.4, 0.5) is 5.13 Å². The van der Waals surface area contributed by atoms with Crippen LogP contribution in [0.3, 0.4) is 0 Å². The Bertz CT molecular complexity index is 1410. The van der Waals surface area contributed by atoms with E-state index >= 15 is 0 Å². The molecular weight excluding hydrogens is 462 g/mol. The molecule has 0 aliphatic carbocycles. The highest BCUT2D eigenvalue weighted by Crippen LogP contribution is 2.32. The van der Waals surface area contributed by atoms with Crippen molar-refractivity contribution < 1.29 is 22.4 Å². The lowest BCUT2D eigenvalue weighted by Gasteiger charge is -2.20. The van der Waals surface area contributed by atoms with Crippen LogP contribution >= 0.6 is 11.3 Å². The molecule has 0 spiro atoms. The van der Waals surface area contributed by atoms with Gasteiger partial charge >= 0.3 is 0 Å². The third kappa shape index (κ3) is 4.63. The molecular formula is C23H23N3O5S2. The molecule has 0 aliphatic rings. The molecule has 0 unspecified atom stereocenters. The zero-order valence-corrected chi connectivity index (χ0v) is 20.2. The van der Waals surface area contributed by atoms with Gasteiger partial charge in [0, 0.05) is 35.5 Å². The van der Waals surface area contributed by atoms with Crippen molar-refractivity contribution in [2.45, 2.75) is 24.8 Å². The first-order valence-electron chi connectivity index (χ1n) is 10.1. The van der Waals surface area contributed by atoms with Gasteiger partial charge in [-0.1, -0.05) is 0 Å². The van der Waals surface area contributed by atoms with Crippen molar-refractivity contribution in [2.24, 2.45) is 0 Å². The molecule has 1 N–H and O–H groups in total. The highest BCUT2D eigenvalue weighted by molar-refractivity contribution is 7.89. The standard InChI is InChI=1S/C23H23N3O5S2/c1-14(2)26(3)33(28,29)18-9-6-15(7-10-18)22(27)25-23-24-19(13-32-23)21-11-16-5-8-17(30-4)12-20(16)31-21/h5-14H,1-4H3,(H,24,25,27). The maximum absolute atomic E-state index is 12.6. The molecule has 2 aromatic heterocycles. The summed E-state index contributed by atoms with van der Waals surface area (Å²) in [6.45, 7) is 3.59. The molecule has 0 aliphatic heterocycles. The van der Waals surface area contributed by atoms with E-state index in [1.807, 2.05) is 18.2 Å². The molecule has 0 saturated heterocycles. The molecule has 4 rings (SSSR count). The highest BCUT2D eigenvalue weighted by atomic mass is 32.2. The zero-order chi connectivity index (χ0) is 23.8. The van der Waals surface area contributed by atoms with E-state index in [1.54, 1.807) is 32.4 Å². The van der Waals surface area contributed by atoms with Crippen LogP contribution in [0.1, 0.15) is 24.2 Å². The average molecular weight is 486 g/mol. The van der Waals surface area contributed by atoms with Gasteiger partial charge in [0.15, 0.2) is 10.9 Å². The van der Waals surface area contributed by atoms with Gasteiger partial charge in [-0.25, -0.2) is 13.4 Å². The minimum atomic E-state index is -3.61. The zero-order valence-electron chi connectivity index (χ0n) is 18.5. The number of carbonyl (C=O) groups excluding carboxylic acids is 1. The Hall–Kier alpha value is -3.21. The number of hydrogen-bond donors (Lipinski definition) is 1. The molecule has 2 aromatic carbocycles. The summed E-state index contributed by atoms with van der Waals surface area (Å²) in [7, 11) is -0.488. The van der Waals surface area contributed by atoms with E-state index < -0.39 is 10.0 Å². The number of sulfonamides is 1. The summed E-state index contributed by atoms with van der Waals surface area (Å²) >= 11 is 1.27. The number of aromatic nitrogens is 1. The van der Waals surface area contributed by atoms with Gasteiger partial charge in [-0.3, -0.25) is 10.1 Å². The van der Waals surface area contributed by atoms with Crippen LogP contribution in [-0.4, -0.2) is 43.8 Å². The van der Waals surface area contributed by atoms with E-state index in [1.165, 1.54) is 47.0 Å². The van der Waals surface area contributed by atoms with Gasteiger partial charge in [0.2, 0.25) is 10.0 Å². The fraction of sp³-hybridized carbons (Fsp3) is 0.217. The molecule has 172 valence electrons. The molecule has 33 heavy (non-hydrogen) atoms. The van der Waals surface area contributed by atoms with Crippen molar-refractivity contribution >= 4 is 43.4 Å². The second kappa shape index (κ2) is 8.97. The largest absolute Gasteiger partial charge is 0.497 e. The average Bonchev–Trinajstić information content (AvgIpc) is 3.44. The predicted octanol–water partition coefficient (Wildman–Crippen LogP) is 4.85. The Morgan fingerprint density at radius 2 is 1.88 bits per heavy atom. The van der Waals surface area contributed by atoms with Gasteiger partial charge in [0.1, 0.15) is 17.0 Å². The van der Waals surface area contributed by atoms with Crippen LogP contribution in [0, 0.1) is 0 Å². The third-order valence-electron chi connectivity index (χ3n) is 5.23. The van der Waals surface area contributed by atoms with Gasteiger partial charge in [0.05, 0.1) is 12.0 Å². The Kier molecular flexibility index (Phi) is 6.24. The molecule has 4 aromatic rings. The van der Waals surface area contributed by atoms with Crippen molar-refractivity contribution in [3.63, 3.8) is 0 Å². The van der Waals surface area contributed by atoms with Crippen LogP contribution in [0.2, 0.25) is 0 Å². The SMILES string of the molecule is COc1ccc2cc(-c3csc(NC(=O)c4ccc(S(=O)(=O)N(C)C(C)C)cc4)n3)oc2c1. The van der Waals surface area contributed by atoms with Gasteiger partial charge < -0.3 is 9.15 Å². The monoisotopic (exact) mass is 485 g/mol. The lowest BCUT2D eigenvalue weighted by Crippen LogP contribution is -2.33. The molecule has 2 heterocycles. The van der Waals surface area contributed by atoms with Crippen LogP contribution in [0.5, 0.6) is 5.75 Å². The van der Waals surface area contributed by atoms with E-state index in [4.69, 9.17) is 9.15 Å². The number of furan rings is 1. The number of methoxy groups -OCH3 is 1. The molecule has 1 amide bonds. The number of nitrogens with one attached hydrogen (secondary N) is 1. The molecule has 0 saturated carbocycles. The highest BCUT2D eigenvalue weighted by Gasteiger charge is 2.23. The summed E-state index contributed by atoms with van der Waals surface area (Å²) in [4.78, 5) is 17.2. The van der Waals surface area contributed by atoms with Crippen LogP contribution in [0.25, 0.3) is 22.4 Å². The summed E-state index contributed by atoms with van der Waals surface area (Å²) in [5, 5.41) is 5.87. The van der Waals surface area contributed by atoms with Gasteiger partial charge in [0.25, 0.3) is 5.91 Å². The summed E-state index contributed by atoms with van der Waals surface area (Å²) in [6, 6.07) is 13.1. The fourth-order valence-electron chi connectivity index (χ4n) is 3.10. The first-order chi connectivity index (χ1) is 15.7. The fourth-order valence-corrected chi connectivity index (χ4v) is 5.16. The normalized spacial score (nSPS) is 11.9. The minimum absolute atomic E-state index is 0.133. The number of anilines is 1. The number of ether oxygens (including phenoxy) is 1. The van der Waals surface area contributed by atoms with E-state index in [0.717, 1.165) is 5.39 Å². The topological polar surface area (TPSA) is 102 Å². The molecule has 10 heteroatoms. The first kappa shape index (κ1) is 23.0. The number of fused-ring (bicyclic) bond motifs is 1. The quantitative estimate of drug-likeness (QED) is 0.402. The summed E-state index contributed by atoms with van der Waals surface area (Å²) < 4.78 is 37.5. The number of thiazole rings is 1. The van der Waals surface area contributed by atoms with Crippen molar-refractivity contribution in [2.75, 3.05) is 19.5 Å². The molecule has 0 atom stereocenters. The second-order valence-corrected chi connectivity index (χ2v) is 10.5. The molecule has 0 radical (unpaired) electrons. The predicted molar refractivity (Wildman–Crippen MR) is 128 cm³/mol. The van der Waals surface area contributed by atoms with E-state index in [-0.39, 0.29) is 16.8 Å². The smallest absolute Gasteiger partial charge is 0.257 e. The third-order valence-corrected chi connectivity index (χ3v) is 8.03. The first-order valence-corrected chi connectivity index (χ1v) is 12.4. The number of hydrogen-bond acceptors (Lipinski definition) is 7. The van der Waals surface area contributed by atoms with E-state index in [2.05, 4.69) is 10.3 Å². The second-order valence-electron chi connectivity index (χ2n) is 7.65. The number of amides is 1. The van der Waals surface area contributed by atoms with Crippen molar-refractivity contribution in [3.05, 3.63) is 59.5 Å². The maximum Gasteiger partial charge on any atom is 0.257 e. The van der Waals surface area contributed by atoms with Gasteiger partial charge in [-0.05, 0) is 56.3 Å². The number of benzene rings is 2. The van der Waals surface area contributed by atoms with Gasteiger partial charge in [-0.2, -0.15) is 4.31 Å². The summed E-state index contributed by atoms with van der Waals surface area (Å²) in [5.41, 5.74) is 1.61. The number of rotatable bonds is 7. The Morgan fingerprint density at radius 1 is 1.15 bits per heavy atom. The summed E-state index contributed by atoms with van der Waals surface area (Å²) in [5.74, 6) is 0.898. The van der Waals surface area contributed by atoms with Crippen LogP contribution in [0.15, 0.2) is 63.2 Å². The maximum atomic E-state index is 12.6. The summed E-state index contributed by atoms with van der Waals surface area (Å²) in [6.07, 6.45) is 0. The van der Waals surface area contributed by atoms with E-state index in [9.17, 15) is 13.2 Å². The number of nitrogens with zero attached hydrogens (tertiary/aromatic N) is 2. The minimum Gasteiger partial charge on any atom is -0.497 e. The lowest BCUT2D eigenvalue weighted by atomic mass is 10.2. The lowest BCUT2D eigenvalue weighted by molar-refractivity contribution is 0.102. The number of carbonyl (C=O) groups is 1. The van der Waals surface area contributed by atoms with Crippen LogP contribution in [-0.2, 0) is 10.0 Å². The van der Waals surface area contributed by atoms with Gasteiger partial charge in [-0.15, -0.1) is 11.3 Å². The van der Waals surface area contributed by atoms with E-state index in [0.29, 0.717) is 33.5 Å². The Morgan fingerprint density at radius 3 is 2.55 bits per heavy atom. The Balaban J connectivity index is 1.49. The molecule has 0 bridgehead atoms. The Labute approximate surface area is 195 Å². The van der Waals surface area contributed by atoms with Crippen molar-refractivity contribution in [3.8, 4) is 17.2 Å². The van der Waals surface area contributed by atoms with Crippen LogP contribution < -0.4 is 10.1 Å². The molecule has 8 nitrogen and oxygen atoms in total. The van der Waals surface area contributed by atoms with Crippen molar-refractivity contribution in [1.82, 2.24) is 9.29 Å². The van der Waals surface area contributed by atoms with Crippen molar-refractivity contribution in [1.29, 1.82) is 0 Å².